The molecular formula is C38H48O18. The van der Waals surface area contributed by atoms with Crippen LogP contribution in [0, 0.1) is 0 Å². The topological polar surface area (TPSA) is 277 Å². The van der Waals surface area contributed by atoms with Crippen LogP contribution in [-0.4, -0.2) is 152 Å². The zero-order valence-electron chi connectivity index (χ0n) is 30.9. The maximum atomic E-state index is 14.5. The van der Waals surface area contributed by atoms with Gasteiger partial charge in [0.15, 0.2) is 12.1 Å². The molecule has 3 fully saturated rings. The predicted molar refractivity (Wildman–Crippen MR) is 192 cm³/mol. The molecule has 18 nitrogen and oxygen atoms in total. The van der Waals surface area contributed by atoms with Crippen molar-refractivity contribution >= 4 is 11.0 Å². The Morgan fingerprint density at radius 2 is 1.46 bits per heavy atom. The third-order valence-electron chi connectivity index (χ3n) is 9.99. The summed E-state index contributed by atoms with van der Waals surface area (Å²) in [4.78, 5) is 14.5. The van der Waals surface area contributed by atoms with Gasteiger partial charge in [0.1, 0.15) is 78.1 Å². The van der Waals surface area contributed by atoms with Crippen molar-refractivity contribution in [1.29, 1.82) is 0 Å². The molecule has 0 spiro atoms. The minimum atomic E-state index is -1.84. The van der Waals surface area contributed by atoms with Crippen LogP contribution in [0.2, 0.25) is 0 Å². The highest BCUT2D eigenvalue weighted by Crippen LogP contribution is 2.39. The van der Waals surface area contributed by atoms with Gasteiger partial charge in [0, 0.05) is 11.1 Å². The fraction of sp³-hybridized carbons (Fsp3) is 0.553. The van der Waals surface area contributed by atoms with E-state index in [2.05, 4.69) is 0 Å². The lowest BCUT2D eigenvalue weighted by Gasteiger charge is -2.44. The van der Waals surface area contributed by atoms with Crippen molar-refractivity contribution in [3.05, 3.63) is 63.8 Å². The summed E-state index contributed by atoms with van der Waals surface area (Å²) < 4.78 is 46.4. The van der Waals surface area contributed by atoms with Crippen molar-refractivity contribution < 1.29 is 83.5 Å². The Morgan fingerprint density at radius 1 is 0.804 bits per heavy atom. The summed E-state index contributed by atoms with van der Waals surface area (Å²) in [5.74, 6) is 0.0578. The highest BCUT2D eigenvalue weighted by atomic mass is 16.7. The van der Waals surface area contributed by atoms with Gasteiger partial charge in [0.05, 0.1) is 31.8 Å². The molecule has 1 aromatic heterocycles. The summed E-state index contributed by atoms with van der Waals surface area (Å²) >= 11 is 0. The van der Waals surface area contributed by atoms with Crippen LogP contribution >= 0.6 is 0 Å². The van der Waals surface area contributed by atoms with Crippen LogP contribution in [0.1, 0.15) is 26.3 Å². The Labute approximate surface area is 320 Å². The summed E-state index contributed by atoms with van der Waals surface area (Å²) in [6, 6.07) is 9.22. The number of allylic oxidation sites excluding steroid dienone is 2. The minimum Gasteiger partial charge on any atom is -0.497 e. The molecule has 9 N–H and O–H groups in total. The second kappa shape index (κ2) is 17.4. The number of methoxy groups -OCH3 is 1. The molecule has 308 valence electrons. The first kappa shape index (κ1) is 41.9. The maximum Gasteiger partial charge on any atom is 0.235 e. The molecule has 3 aliphatic rings. The van der Waals surface area contributed by atoms with Gasteiger partial charge < -0.3 is 83.5 Å². The minimum absolute atomic E-state index is 0.000133. The van der Waals surface area contributed by atoms with E-state index in [4.69, 9.17) is 37.6 Å². The van der Waals surface area contributed by atoms with Gasteiger partial charge in [-0.1, -0.05) is 11.6 Å². The zero-order chi connectivity index (χ0) is 40.6. The van der Waals surface area contributed by atoms with E-state index in [0.29, 0.717) is 16.9 Å². The molecule has 0 aliphatic carbocycles. The van der Waals surface area contributed by atoms with Crippen LogP contribution in [0.25, 0.3) is 22.3 Å². The molecule has 3 aromatic rings. The molecule has 14 atom stereocenters. The molecule has 18 heteroatoms. The van der Waals surface area contributed by atoms with E-state index in [-0.39, 0.29) is 35.5 Å². The first-order chi connectivity index (χ1) is 26.6. The summed E-state index contributed by atoms with van der Waals surface area (Å²) in [5.41, 5.74) is 0.880. The van der Waals surface area contributed by atoms with E-state index >= 15 is 0 Å². The number of aliphatic hydroxyl groups excluding tert-OH is 9. The summed E-state index contributed by atoms with van der Waals surface area (Å²) in [7, 11) is 1.48. The maximum absolute atomic E-state index is 14.5. The predicted octanol–water partition coefficient (Wildman–Crippen LogP) is -1.17. The first-order valence-corrected chi connectivity index (χ1v) is 18.0. The van der Waals surface area contributed by atoms with Crippen LogP contribution in [0.15, 0.2) is 57.3 Å². The summed E-state index contributed by atoms with van der Waals surface area (Å²) in [6.45, 7) is 4.15. The number of hydrogen-bond acceptors (Lipinski definition) is 18. The van der Waals surface area contributed by atoms with Gasteiger partial charge in [0.2, 0.25) is 23.8 Å². The van der Waals surface area contributed by atoms with Crippen LogP contribution in [-0.2, 0) is 25.4 Å². The average Bonchev–Trinajstić information content (AvgIpc) is 3.18. The smallest absolute Gasteiger partial charge is 0.235 e. The quantitative estimate of drug-likeness (QED) is 0.103. The standard InChI is InChI=1S/C38H48O18/c1-15(2)5-10-19-22(52-38-30(47)27(44)26(43)23(13-39)53-38)12-11-20-24(41)35(33(54-34(19)20)17-6-8-18(49-4)9-7-17)56-37-31(48)28(45)32(16(3)51-37)55-36-29(46)25(42)21(40)14-50-36/h5-9,11-12,16,21,23,25-32,36-40,42-48H,10,13-14H2,1-4H3/t16-,21-,23-,25+,26-,27+,28-,29-,30-,31-,32-,36+,37+,38-/m0/s1. The fourth-order valence-corrected chi connectivity index (χ4v) is 6.68. The van der Waals surface area contributed by atoms with E-state index < -0.39 is 104 Å². The fourth-order valence-electron chi connectivity index (χ4n) is 6.68. The van der Waals surface area contributed by atoms with E-state index in [0.717, 1.165) is 5.57 Å². The molecule has 0 unspecified atom stereocenters. The zero-order valence-corrected chi connectivity index (χ0v) is 30.9. The van der Waals surface area contributed by atoms with Crippen molar-refractivity contribution in [2.75, 3.05) is 20.3 Å². The Morgan fingerprint density at radius 3 is 2.12 bits per heavy atom. The van der Waals surface area contributed by atoms with Crippen molar-refractivity contribution in [2.45, 2.75) is 113 Å². The molecule has 0 radical (unpaired) electrons. The lowest BCUT2D eigenvalue weighted by molar-refractivity contribution is -0.334. The number of hydrogen-bond donors (Lipinski definition) is 9. The van der Waals surface area contributed by atoms with Gasteiger partial charge in [-0.15, -0.1) is 0 Å². The lowest BCUT2D eigenvalue weighted by Crippen LogP contribution is -2.62. The highest BCUT2D eigenvalue weighted by Gasteiger charge is 2.49. The molecule has 56 heavy (non-hydrogen) atoms. The SMILES string of the molecule is COc1ccc(-c2oc3c(CC=C(C)C)c(O[C@H]4O[C@@H](CO)[C@H](O)[C@@H](O)[C@@H]4O)ccc3c(=O)c2O[C@H]2O[C@@H](C)[C@H](O[C@H]3OC[C@H](O)[C@@H](O)[C@@H]3O)[C@@H](O)[C@@H]2O)cc1. The normalized spacial score (nSPS) is 34.9. The number of fused-ring (bicyclic) bond motifs is 1. The van der Waals surface area contributed by atoms with Crippen molar-refractivity contribution in [1.82, 2.24) is 0 Å². The third-order valence-corrected chi connectivity index (χ3v) is 9.99. The van der Waals surface area contributed by atoms with Crippen LogP contribution < -0.4 is 19.6 Å². The Hall–Kier alpha value is -3.73. The van der Waals surface area contributed by atoms with Crippen LogP contribution in [0.3, 0.4) is 0 Å². The van der Waals surface area contributed by atoms with E-state index in [1.54, 1.807) is 24.3 Å². The van der Waals surface area contributed by atoms with E-state index in [1.807, 2.05) is 19.9 Å². The van der Waals surface area contributed by atoms with Crippen LogP contribution in [0.5, 0.6) is 17.2 Å². The van der Waals surface area contributed by atoms with Gasteiger partial charge in [-0.25, -0.2) is 0 Å². The van der Waals surface area contributed by atoms with Gasteiger partial charge in [-0.2, -0.15) is 0 Å². The van der Waals surface area contributed by atoms with Gasteiger partial charge >= 0.3 is 0 Å². The second-order valence-electron chi connectivity index (χ2n) is 14.2. The van der Waals surface area contributed by atoms with Gasteiger partial charge in [0.25, 0.3) is 0 Å². The second-order valence-corrected chi connectivity index (χ2v) is 14.2. The number of benzene rings is 2. The van der Waals surface area contributed by atoms with Gasteiger partial charge in [-0.3, -0.25) is 4.79 Å². The molecule has 3 saturated heterocycles. The summed E-state index contributed by atoms with van der Waals surface area (Å²) in [6.07, 6.45) is -19.6. The highest BCUT2D eigenvalue weighted by molar-refractivity contribution is 5.86. The Bertz CT molecular complexity index is 1890. The van der Waals surface area contributed by atoms with Gasteiger partial charge in [-0.05, 0) is 63.6 Å². The average molecular weight is 793 g/mol. The van der Waals surface area contributed by atoms with Crippen LogP contribution in [0.4, 0.5) is 0 Å². The Balaban J connectivity index is 1.39. The molecule has 6 rings (SSSR count). The lowest BCUT2D eigenvalue weighted by atomic mass is 9.98. The van der Waals surface area contributed by atoms with Crippen molar-refractivity contribution in [3.8, 4) is 28.6 Å². The van der Waals surface area contributed by atoms with E-state index in [9.17, 15) is 50.8 Å². The Kier molecular flexibility index (Phi) is 13.0. The first-order valence-electron chi connectivity index (χ1n) is 18.0. The number of aliphatic hydroxyl groups is 9. The largest absolute Gasteiger partial charge is 0.497 e. The molecule has 3 aliphatic heterocycles. The molecule has 2 aromatic carbocycles. The summed E-state index contributed by atoms with van der Waals surface area (Å²) in [5, 5.41) is 93.7. The monoisotopic (exact) mass is 792 g/mol. The number of rotatable bonds is 11. The van der Waals surface area contributed by atoms with E-state index in [1.165, 1.54) is 26.2 Å². The molecular weight excluding hydrogens is 744 g/mol. The van der Waals surface area contributed by atoms with Crippen molar-refractivity contribution in [2.24, 2.45) is 0 Å². The molecule has 0 saturated carbocycles. The molecule has 0 amide bonds. The van der Waals surface area contributed by atoms with Crippen molar-refractivity contribution in [3.63, 3.8) is 0 Å². The number of ether oxygens (including phenoxy) is 7. The molecule has 0 bridgehead atoms. The third kappa shape index (κ3) is 8.30. The molecule has 4 heterocycles.